The van der Waals surface area contributed by atoms with Crippen molar-refractivity contribution in [2.45, 2.75) is 0 Å². The van der Waals surface area contributed by atoms with Crippen LogP contribution in [-0.4, -0.2) is 9.91 Å². The monoisotopic (exact) mass is 266 g/mol. The van der Waals surface area contributed by atoms with Gasteiger partial charge in [-0.1, -0.05) is 11.6 Å². The average Bonchev–Trinajstić information content (AvgIpc) is 2.71. The van der Waals surface area contributed by atoms with Crippen molar-refractivity contribution in [3.8, 4) is 0 Å². The average molecular weight is 267 g/mol. The van der Waals surface area contributed by atoms with Crippen LogP contribution >= 0.6 is 11.6 Å². The lowest BCUT2D eigenvalue weighted by molar-refractivity contribution is -0.384. The molecule has 0 amide bonds. The van der Waals surface area contributed by atoms with E-state index in [0.29, 0.717) is 5.56 Å². The Labute approximate surface area is 105 Å². The fourth-order valence-corrected chi connectivity index (χ4v) is 1.47. The Bertz CT molecular complexity index is 743. The lowest BCUT2D eigenvalue weighted by Crippen LogP contribution is -2.21. The normalized spacial score (nSPS) is 12.9. The van der Waals surface area contributed by atoms with Crippen molar-refractivity contribution < 1.29 is 9.34 Å². The Kier molecular flexibility index (Phi) is 3.29. The third-order valence-corrected chi connectivity index (χ3v) is 2.39. The number of nitro benzene ring substituents is 1. The molecule has 2 aromatic rings. The molecule has 0 aliphatic rings. The summed E-state index contributed by atoms with van der Waals surface area (Å²) in [6.07, 6.45) is 1.51. The van der Waals surface area contributed by atoms with Gasteiger partial charge in [0, 0.05) is 12.1 Å². The van der Waals surface area contributed by atoms with Gasteiger partial charge in [0.2, 0.25) is 5.55 Å². The summed E-state index contributed by atoms with van der Waals surface area (Å²) in [4.78, 5) is 24.0. The number of hydrogen-bond donors (Lipinski definition) is 1. The number of halogens is 1. The Balaban J connectivity index is 2.47. The van der Waals surface area contributed by atoms with Gasteiger partial charge in [0.05, 0.1) is 10.5 Å². The van der Waals surface area contributed by atoms with E-state index in [4.69, 9.17) is 16.0 Å². The largest absolute Gasteiger partial charge is 0.404 e. The number of oxazole rings is 1. The van der Waals surface area contributed by atoms with Crippen LogP contribution in [0.2, 0.25) is 0 Å². The first-order valence-corrected chi connectivity index (χ1v) is 5.29. The number of H-pyrrole nitrogens is 1. The molecular weight excluding hydrogens is 260 g/mol. The van der Waals surface area contributed by atoms with Gasteiger partial charge in [-0.15, -0.1) is 0 Å². The standard InChI is InChI=1S/C11H7ClN2O4/c12-6-10-13-9(11(15)18-10)5-7-1-3-8(4-2-7)14(16)17/h1-6,13H/b9-5-,10-6+. The second-order valence-corrected chi connectivity index (χ2v) is 3.61. The highest BCUT2D eigenvalue weighted by molar-refractivity contribution is 6.38. The maximum Gasteiger partial charge on any atom is 0.361 e. The van der Waals surface area contributed by atoms with E-state index < -0.39 is 10.5 Å². The zero-order valence-electron chi connectivity index (χ0n) is 8.92. The van der Waals surface area contributed by atoms with E-state index in [9.17, 15) is 14.9 Å². The van der Waals surface area contributed by atoms with Crippen LogP contribution < -0.4 is 16.5 Å². The van der Waals surface area contributed by atoms with Gasteiger partial charge in [-0.05, 0) is 23.8 Å². The van der Waals surface area contributed by atoms with Crippen LogP contribution in [0.3, 0.4) is 0 Å². The minimum atomic E-state index is -0.555. The molecular formula is C11H7ClN2O4. The quantitative estimate of drug-likeness (QED) is 0.639. The maximum atomic E-state index is 11.4. The molecule has 0 radical (unpaired) electrons. The number of rotatable bonds is 2. The van der Waals surface area contributed by atoms with E-state index in [-0.39, 0.29) is 16.6 Å². The molecule has 1 heterocycles. The van der Waals surface area contributed by atoms with E-state index in [1.54, 1.807) is 0 Å². The molecule has 0 unspecified atom stereocenters. The van der Waals surface area contributed by atoms with Gasteiger partial charge in [-0.3, -0.25) is 10.1 Å². The Hall–Kier alpha value is -2.34. The van der Waals surface area contributed by atoms with Crippen molar-refractivity contribution >= 4 is 28.9 Å². The molecule has 0 atom stereocenters. The molecule has 18 heavy (non-hydrogen) atoms. The second kappa shape index (κ2) is 4.89. The summed E-state index contributed by atoms with van der Waals surface area (Å²) in [6.45, 7) is 0. The van der Waals surface area contributed by atoms with Gasteiger partial charge in [0.15, 0.2) is 0 Å². The summed E-state index contributed by atoms with van der Waals surface area (Å²) < 4.78 is 4.76. The smallest absolute Gasteiger partial charge is 0.361 e. The second-order valence-electron chi connectivity index (χ2n) is 3.39. The fraction of sp³-hybridized carbons (Fsp3) is 0. The molecule has 0 fully saturated rings. The summed E-state index contributed by atoms with van der Waals surface area (Å²) in [5, 5.41) is 10.7. The highest BCUT2D eigenvalue weighted by atomic mass is 35.5. The van der Waals surface area contributed by atoms with Crippen LogP contribution in [0.25, 0.3) is 11.6 Å². The molecule has 1 aromatic heterocycles. The third-order valence-electron chi connectivity index (χ3n) is 2.19. The zero-order valence-corrected chi connectivity index (χ0v) is 9.68. The number of nitrogens with zero attached hydrogens (tertiary/aromatic N) is 1. The number of benzene rings is 1. The first-order valence-electron chi connectivity index (χ1n) is 4.86. The number of nitrogens with one attached hydrogen (secondary N) is 1. The highest BCUT2D eigenvalue weighted by Crippen LogP contribution is 2.11. The maximum absolute atomic E-state index is 11.4. The lowest BCUT2D eigenvalue weighted by atomic mass is 10.2. The van der Waals surface area contributed by atoms with Crippen molar-refractivity contribution in [3.63, 3.8) is 0 Å². The van der Waals surface area contributed by atoms with E-state index in [2.05, 4.69) is 4.98 Å². The lowest BCUT2D eigenvalue weighted by Gasteiger charge is -1.92. The minimum absolute atomic E-state index is 0.0135. The summed E-state index contributed by atoms with van der Waals surface area (Å²) >= 11 is 5.39. The Morgan fingerprint density at radius 3 is 2.50 bits per heavy atom. The number of non-ortho nitro benzene ring substituents is 1. The molecule has 6 nitrogen and oxygen atoms in total. The fourth-order valence-electron chi connectivity index (χ4n) is 1.37. The Morgan fingerprint density at radius 2 is 2.00 bits per heavy atom. The van der Waals surface area contributed by atoms with Crippen LogP contribution in [0.15, 0.2) is 33.5 Å². The van der Waals surface area contributed by atoms with Crippen molar-refractivity contribution in [3.05, 3.63) is 61.3 Å². The van der Waals surface area contributed by atoms with Crippen LogP contribution in [-0.2, 0) is 0 Å². The molecule has 0 aliphatic heterocycles. The van der Waals surface area contributed by atoms with E-state index in [1.165, 1.54) is 30.3 Å². The predicted molar refractivity (Wildman–Crippen MR) is 65.6 cm³/mol. The zero-order chi connectivity index (χ0) is 13.1. The molecule has 0 bridgehead atoms. The van der Waals surface area contributed by atoms with Crippen molar-refractivity contribution in [1.82, 2.24) is 4.98 Å². The minimum Gasteiger partial charge on any atom is -0.404 e. The highest BCUT2D eigenvalue weighted by Gasteiger charge is 2.03. The molecule has 0 saturated carbocycles. The van der Waals surface area contributed by atoms with Crippen molar-refractivity contribution in [2.24, 2.45) is 0 Å². The molecule has 92 valence electrons. The van der Waals surface area contributed by atoms with Gasteiger partial charge < -0.3 is 9.40 Å². The molecule has 2 rings (SSSR count). The van der Waals surface area contributed by atoms with Crippen LogP contribution in [0.4, 0.5) is 5.69 Å². The van der Waals surface area contributed by atoms with E-state index in [1.807, 2.05) is 0 Å². The molecule has 0 spiro atoms. The molecule has 0 aliphatic carbocycles. The summed E-state index contributed by atoms with van der Waals surface area (Å²) in [5.41, 5.74) is 1.32. The number of aromatic nitrogens is 1. The van der Waals surface area contributed by atoms with Crippen LogP contribution in [0.5, 0.6) is 0 Å². The first-order chi connectivity index (χ1) is 8.60. The van der Waals surface area contributed by atoms with E-state index in [0.717, 1.165) is 5.54 Å². The van der Waals surface area contributed by atoms with Gasteiger partial charge in [0.1, 0.15) is 5.35 Å². The molecule has 1 N–H and O–H groups in total. The van der Waals surface area contributed by atoms with Crippen LogP contribution in [0.1, 0.15) is 5.56 Å². The predicted octanol–water partition coefficient (Wildman–Crippen LogP) is 0.682. The van der Waals surface area contributed by atoms with Gasteiger partial charge in [-0.25, -0.2) is 4.79 Å². The van der Waals surface area contributed by atoms with Gasteiger partial charge in [0.25, 0.3) is 5.69 Å². The number of hydrogen-bond acceptors (Lipinski definition) is 4. The SMILES string of the molecule is O=c1o/c(=C/Cl)[nH]/c1=C\c1ccc([N+](=O)[O-])cc1. The molecule has 1 aromatic carbocycles. The topological polar surface area (TPSA) is 89.1 Å². The molecule has 7 heteroatoms. The van der Waals surface area contributed by atoms with Crippen LogP contribution in [0, 0.1) is 10.1 Å². The van der Waals surface area contributed by atoms with Crippen molar-refractivity contribution in [1.29, 1.82) is 0 Å². The number of aromatic amines is 1. The Morgan fingerprint density at radius 1 is 1.33 bits per heavy atom. The summed E-state index contributed by atoms with van der Waals surface area (Å²) in [5.74, 6) is 0. The summed E-state index contributed by atoms with van der Waals surface area (Å²) in [7, 11) is 0. The van der Waals surface area contributed by atoms with Gasteiger partial charge in [-0.2, -0.15) is 0 Å². The van der Waals surface area contributed by atoms with Crippen molar-refractivity contribution in [2.75, 3.05) is 0 Å². The first kappa shape index (κ1) is 12.1. The third kappa shape index (κ3) is 2.49. The molecule has 0 saturated heterocycles. The van der Waals surface area contributed by atoms with Gasteiger partial charge >= 0.3 is 5.63 Å². The van der Waals surface area contributed by atoms with E-state index >= 15 is 0 Å². The summed E-state index contributed by atoms with van der Waals surface area (Å²) in [6, 6.07) is 5.76. The number of nitro groups is 1.